The van der Waals surface area contributed by atoms with Gasteiger partial charge in [0.1, 0.15) is 5.82 Å². The molecule has 0 unspecified atom stereocenters. The van der Waals surface area contributed by atoms with Crippen LogP contribution in [0.15, 0.2) is 66.6 Å². The van der Waals surface area contributed by atoms with Crippen LogP contribution in [0, 0.1) is 5.82 Å². The number of hydrogen-bond donors (Lipinski definition) is 0. The minimum atomic E-state index is -3.62. The molecular weight excluding hydrogens is 521 g/mol. The number of carbonyl (C=O) groups excluding carboxylic acids is 1. The van der Waals surface area contributed by atoms with Gasteiger partial charge in [-0.1, -0.05) is 24.3 Å². The Labute approximate surface area is 233 Å². The van der Waals surface area contributed by atoms with Crippen molar-refractivity contribution >= 4 is 21.5 Å². The molecule has 0 radical (unpaired) electrons. The maximum atomic E-state index is 13.9. The van der Waals surface area contributed by atoms with Gasteiger partial charge in [0.05, 0.1) is 17.1 Å². The van der Waals surface area contributed by atoms with Crippen molar-refractivity contribution in [3.63, 3.8) is 0 Å². The number of anilines is 1. The molecule has 2 aliphatic heterocycles. The number of rotatable bonds is 9. The van der Waals surface area contributed by atoms with Crippen molar-refractivity contribution in [1.29, 1.82) is 0 Å². The van der Waals surface area contributed by atoms with Crippen molar-refractivity contribution < 1.29 is 27.1 Å². The van der Waals surface area contributed by atoms with Gasteiger partial charge in [-0.05, 0) is 58.0 Å². The third kappa shape index (κ3) is 9.22. The van der Waals surface area contributed by atoms with Crippen molar-refractivity contribution in [3.05, 3.63) is 73.1 Å². The van der Waals surface area contributed by atoms with Crippen LogP contribution in [0.3, 0.4) is 0 Å². The van der Waals surface area contributed by atoms with Crippen molar-refractivity contribution in [2.75, 3.05) is 63.9 Å². The highest BCUT2D eigenvalue weighted by Crippen LogP contribution is 2.26. The highest BCUT2D eigenvalue weighted by Gasteiger charge is 2.35. The first kappa shape index (κ1) is 32.6. The molecule has 0 aliphatic carbocycles. The molecule has 4 rings (SSSR count). The second-order valence-electron chi connectivity index (χ2n) is 8.87. The summed E-state index contributed by atoms with van der Waals surface area (Å²) in [6.45, 7) is 17.3. The van der Waals surface area contributed by atoms with Crippen LogP contribution >= 0.6 is 0 Å². The monoisotopic (exact) mass is 563 g/mol. The molecule has 0 bridgehead atoms. The molecular formula is C29H42FN3O5S. The van der Waals surface area contributed by atoms with Crippen LogP contribution in [-0.4, -0.2) is 88.7 Å². The number of halogens is 1. The van der Waals surface area contributed by atoms with Crippen molar-refractivity contribution in [2.24, 2.45) is 0 Å². The van der Waals surface area contributed by atoms with E-state index in [1.54, 1.807) is 30.3 Å². The van der Waals surface area contributed by atoms with E-state index in [0.29, 0.717) is 18.7 Å². The summed E-state index contributed by atoms with van der Waals surface area (Å²) in [5.74, 6) is -0.366. The SMILES string of the molecule is C=C.CCOC(C)OCC.O=C1CN(CCCN2CCN(c3ccccc3F)CC2)S(=O)(=O)c2ccccc21. The van der Waals surface area contributed by atoms with E-state index in [9.17, 15) is 17.6 Å². The van der Waals surface area contributed by atoms with E-state index in [1.807, 2.05) is 31.7 Å². The Morgan fingerprint density at radius 1 is 0.923 bits per heavy atom. The van der Waals surface area contributed by atoms with Crippen LogP contribution in [0.25, 0.3) is 0 Å². The molecule has 2 aromatic rings. The second-order valence-corrected chi connectivity index (χ2v) is 10.8. The van der Waals surface area contributed by atoms with Crippen LogP contribution in [0.4, 0.5) is 10.1 Å². The number of Topliss-reactive ketones (excluding diaryl/α,β-unsaturated/α-hetero) is 1. The lowest BCUT2D eigenvalue weighted by molar-refractivity contribution is -0.123. The molecule has 0 amide bonds. The number of para-hydroxylation sites is 1. The summed E-state index contributed by atoms with van der Waals surface area (Å²) in [6, 6.07) is 13.2. The maximum absolute atomic E-state index is 13.9. The van der Waals surface area contributed by atoms with Crippen LogP contribution in [0.2, 0.25) is 0 Å². The highest BCUT2D eigenvalue weighted by atomic mass is 32.2. The molecule has 39 heavy (non-hydrogen) atoms. The van der Waals surface area contributed by atoms with E-state index in [2.05, 4.69) is 18.1 Å². The predicted octanol–water partition coefficient (Wildman–Crippen LogP) is 4.43. The zero-order valence-corrected chi connectivity index (χ0v) is 24.2. The fraction of sp³-hybridized carbons (Fsp3) is 0.483. The van der Waals surface area contributed by atoms with Gasteiger partial charge in [-0.2, -0.15) is 4.31 Å². The highest BCUT2D eigenvalue weighted by molar-refractivity contribution is 7.89. The topological polar surface area (TPSA) is 79.4 Å². The maximum Gasteiger partial charge on any atom is 0.244 e. The molecule has 2 heterocycles. The number of benzene rings is 2. The van der Waals surface area contributed by atoms with Gasteiger partial charge in [0, 0.05) is 51.5 Å². The molecule has 216 valence electrons. The molecule has 0 atom stereocenters. The summed E-state index contributed by atoms with van der Waals surface area (Å²) < 4.78 is 50.9. The average molecular weight is 564 g/mol. The summed E-state index contributed by atoms with van der Waals surface area (Å²) in [4.78, 5) is 16.7. The van der Waals surface area contributed by atoms with Gasteiger partial charge in [0.25, 0.3) is 0 Å². The van der Waals surface area contributed by atoms with Gasteiger partial charge in [-0.3, -0.25) is 9.69 Å². The fourth-order valence-electron chi connectivity index (χ4n) is 4.50. The van der Waals surface area contributed by atoms with Gasteiger partial charge in [0.15, 0.2) is 12.1 Å². The van der Waals surface area contributed by atoms with E-state index >= 15 is 0 Å². The Kier molecular flexibility index (Phi) is 13.8. The standard InChI is InChI=1S/C21H24FN3O3S.C6H14O2.C2H4/c22-18-7-2-3-8-19(18)24-14-12-23(13-15-24)10-5-11-25-16-20(26)17-6-1-4-9-21(17)29(25,27)28;1-4-7-6(3)8-5-2;1-2/h1-4,6-9H,5,10-16H2;6H,4-5H2,1-3H3;1-2H2. The third-order valence-corrected chi connectivity index (χ3v) is 8.28. The number of piperazine rings is 1. The molecule has 2 aliphatic rings. The fourth-order valence-corrected chi connectivity index (χ4v) is 6.14. The lowest BCUT2D eigenvalue weighted by Gasteiger charge is -2.36. The summed E-state index contributed by atoms with van der Waals surface area (Å²) in [5, 5.41) is 0. The minimum Gasteiger partial charge on any atom is -0.367 e. The first-order valence-corrected chi connectivity index (χ1v) is 14.8. The number of hydrogen-bond acceptors (Lipinski definition) is 7. The first-order valence-electron chi connectivity index (χ1n) is 13.3. The molecule has 0 spiro atoms. The van der Waals surface area contributed by atoms with Gasteiger partial charge in [0.2, 0.25) is 10.0 Å². The summed E-state index contributed by atoms with van der Waals surface area (Å²) in [5.41, 5.74) is 0.914. The molecule has 10 heteroatoms. The normalized spacial score (nSPS) is 17.1. The van der Waals surface area contributed by atoms with Gasteiger partial charge < -0.3 is 14.4 Å². The van der Waals surface area contributed by atoms with E-state index in [4.69, 9.17) is 9.47 Å². The summed E-state index contributed by atoms with van der Waals surface area (Å²) in [7, 11) is -3.62. The van der Waals surface area contributed by atoms with Gasteiger partial charge >= 0.3 is 0 Å². The zero-order valence-electron chi connectivity index (χ0n) is 23.4. The van der Waals surface area contributed by atoms with Crippen LogP contribution in [-0.2, 0) is 19.5 Å². The number of nitrogens with zero attached hydrogens (tertiary/aromatic N) is 3. The van der Waals surface area contributed by atoms with Crippen molar-refractivity contribution in [2.45, 2.75) is 38.4 Å². The van der Waals surface area contributed by atoms with E-state index in [-0.39, 0.29) is 34.9 Å². The van der Waals surface area contributed by atoms with Crippen molar-refractivity contribution in [1.82, 2.24) is 9.21 Å². The third-order valence-electron chi connectivity index (χ3n) is 6.38. The second kappa shape index (κ2) is 16.5. The van der Waals surface area contributed by atoms with Gasteiger partial charge in [-0.25, -0.2) is 12.8 Å². The Morgan fingerprint density at radius 2 is 1.51 bits per heavy atom. The Bertz CT molecular complexity index is 1130. The van der Waals surface area contributed by atoms with E-state index < -0.39 is 10.0 Å². The molecule has 0 aromatic heterocycles. The smallest absolute Gasteiger partial charge is 0.244 e. The lowest BCUT2D eigenvalue weighted by atomic mass is 10.1. The Morgan fingerprint density at radius 3 is 2.13 bits per heavy atom. The van der Waals surface area contributed by atoms with Gasteiger partial charge in [-0.15, -0.1) is 13.2 Å². The quantitative estimate of drug-likeness (QED) is 0.330. The molecule has 0 saturated carbocycles. The molecule has 2 aromatic carbocycles. The lowest BCUT2D eigenvalue weighted by Crippen LogP contribution is -2.47. The predicted molar refractivity (Wildman–Crippen MR) is 153 cm³/mol. The molecule has 8 nitrogen and oxygen atoms in total. The summed E-state index contributed by atoms with van der Waals surface area (Å²) in [6.07, 6.45) is 0.610. The number of sulfonamides is 1. The number of ketones is 1. The largest absolute Gasteiger partial charge is 0.367 e. The van der Waals surface area contributed by atoms with Crippen LogP contribution in [0.1, 0.15) is 37.6 Å². The molecule has 1 fully saturated rings. The first-order chi connectivity index (χ1) is 18.8. The minimum absolute atomic E-state index is 0.0370. The number of fused-ring (bicyclic) bond motifs is 1. The summed E-state index contributed by atoms with van der Waals surface area (Å²) >= 11 is 0. The van der Waals surface area contributed by atoms with Crippen LogP contribution < -0.4 is 4.90 Å². The average Bonchev–Trinajstić information content (AvgIpc) is 2.94. The van der Waals surface area contributed by atoms with Crippen LogP contribution in [0.5, 0.6) is 0 Å². The Balaban J connectivity index is 0.000000460. The van der Waals surface area contributed by atoms with E-state index in [1.165, 1.54) is 16.4 Å². The van der Waals surface area contributed by atoms with E-state index in [0.717, 1.165) is 45.9 Å². The zero-order chi connectivity index (χ0) is 28.8. The van der Waals surface area contributed by atoms with Crippen molar-refractivity contribution in [3.8, 4) is 0 Å². The molecule has 0 N–H and O–H groups in total. The number of ether oxygens (including phenoxy) is 2. The number of carbonyl (C=O) groups is 1. The Hall–Kier alpha value is -2.63. The molecule has 1 saturated heterocycles.